The third kappa shape index (κ3) is 4.39. The van der Waals surface area contributed by atoms with E-state index in [4.69, 9.17) is 31.6 Å². The van der Waals surface area contributed by atoms with E-state index in [1.807, 2.05) is 6.92 Å². The second-order valence-electron chi connectivity index (χ2n) is 4.66. The van der Waals surface area contributed by atoms with Gasteiger partial charge in [0.05, 0.1) is 24.8 Å². The Morgan fingerprint density at radius 1 is 1.21 bits per heavy atom. The van der Waals surface area contributed by atoms with Crippen molar-refractivity contribution < 1.29 is 19.1 Å². The third-order valence-corrected chi connectivity index (χ3v) is 3.30. The molecule has 0 unspecified atom stereocenters. The highest BCUT2D eigenvalue weighted by Crippen LogP contribution is 2.22. The van der Waals surface area contributed by atoms with Crippen molar-refractivity contribution in [3.63, 3.8) is 0 Å². The van der Waals surface area contributed by atoms with E-state index in [0.29, 0.717) is 34.3 Å². The quantitative estimate of drug-likeness (QED) is 0.375. The molecule has 126 valence electrons. The zero-order chi connectivity index (χ0) is 17.5. The van der Waals surface area contributed by atoms with Crippen LogP contribution in [0.15, 0.2) is 47.6 Å². The maximum absolute atomic E-state index is 12.0. The van der Waals surface area contributed by atoms with Crippen LogP contribution in [-0.2, 0) is 4.84 Å². The molecule has 0 radical (unpaired) electrons. The van der Waals surface area contributed by atoms with Crippen LogP contribution >= 0.6 is 11.6 Å². The van der Waals surface area contributed by atoms with Gasteiger partial charge in [-0.2, -0.15) is 0 Å². The number of halogens is 1. The Bertz CT molecular complexity index is 745. The number of oxime groups is 1. The van der Waals surface area contributed by atoms with E-state index in [1.165, 1.54) is 7.11 Å². The summed E-state index contributed by atoms with van der Waals surface area (Å²) in [5, 5.41) is 4.11. The standard InChI is InChI=1S/C17H17ClN2O4/c1-3-23-13-7-4-11(5-8-13)17(21)24-20-16(19)14-10-12(18)6-9-15(14)22-2/h4-10H,3H2,1-2H3,(H2,19,20). The van der Waals surface area contributed by atoms with E-state index in [9.17, 15) is 4.79 Å². The van der Waals surface area contributed by atoms with Gasteiger partial charge in [-0.05, 0) is 49.4 Å². The molecule has 6 nitrogen and oxygen atoms in total. The number of hydrogen-bond donors (Lipinski definition) is 1. The van der Waals surface area contributed by atoms with Crippen LogP contribution in [0.25, 0.3) is 0 Å². The van der Waals surface area contributed by atoms with Crippen molar-refractivity contribution in [3.8, 4) is 11.5 Å². The molecule has 0 aliphatic carbocycles. The number of hydrogen-bond acceptors (Lipinski definition) is 5. The van der Waals surface area contributed by atoms with Crippen molar-refractivity contribution in [1.29, 1.82) is 0 Å². The number of nitrogens with zero attached hydrogens (tertiary/aromatic N) is 1. The third-order valence-electron chi connectivity index (χ3n) is 3.07. The Hall–Kier alpha value is -2.73. The largest absolute Gasteiger partial charge is 0.496 e. The number of nitrogens with two attached hydrogens (primary N) is 1. The van der Waals surface area contributed by atoms with Crippen LogP contribution in [-0.4, -0.2) is 25.5 Å². The fraction of sp³-hybridized carbons (Fsp3) is 0.176. The summed E-state index contributed by atoms with van der Waals surface area (Å²) in [6, 6.07) is 11.4. The Labute approximate surface area is 144 Å². The van der Waals surface area contributed by atoms with Crippen molar-refractivity contribution >= 4 is 23.4 Å². The van der Waals surface area contributed by atoms with Crippen molar-refractivity contribution in [3.05, 3.63) is 58.6 Å². The van der Waals surface area contributed by atoms with Gasteiger partial charge in [0.1, 0.15) is 11.5 Å². The summed E-state index contributed by atoms with van der Waals surface area (Å²) in [5.41, 5.74) is 6.61. The predicted octanol–water partition coefficient (Wildman–Crippen LogP) is 3.22. The fourth-order valence-corrected chi connectivity index (χ4v) is 2.10. The van der Waals surface area contributed by atoms with Crippen molar-refractivity contribution in [1.82, 2.24) is 0 Å². The summed E-state index contributed by atoms with van der Waals surface area (Å²) in [7, 11) is 1.49. The molecule has 0 saturated heterocycles. The van der Waals surface area contributed by atoms with E-state index in [2.05, 4.69) is 5.16 Å². The lowest BCUT2D eigenvalue weighted by molar-refractivity contribution is 0.0516. The van der Waals surface area contributed by atoms with E-state index < -0.39 is 5.97 Å². The Kier molecular flexibility index (Phi) is 6.03. The highest BCUT2D eigenvalue weighted by molar-refractivity contribution is 6.31. The predicted molar refractivity (Wildman–Crippen MR) is 91.8 cm³/mol. The second kappa shape index (κ2) is 8.21. The zero-order valence-electron chi connectivity index (χ0n) is 13.3. The van der Waals surface area contributed by atoms with Crippen LogP contribution in [0.1, 0.15) is 22.8 Å². The molecular weight excluding hydrogens is 332 g/mol. The highest BCUT2D eigenvalue weighted by Gasteiger charge is 2.11. The lowest BCUT2D eigenvalue weighted by atomic mass is 10.2. The average molecular weight is 349 g/mol. The summed E-state index contributed by atoms with van der Waals surface area (Å²) >= 11 is 5.93. The van der Waals surface area contributed by atoms with Gasteiger partial charge in [-0.3, -0.25) is 0 Å². The van der Waals surface area contributed by atoms with E-state index in [1.54, 1.807) is 42.5 Å². The SMILES string of the molecule is CCOc1ccc(C(=O)O/N=C(\N)c2cc(Cl)ccc2OC)cc1. The number of methoxy groups -OCH3 is 1. The molecule has 0 aromatic heterocycles. The van der Waals surface area contributed by atoms with Gasteiger partial charge in [-0.1, -0.05) is 16.8 Å². The number of carbonyl (C=O) groups excluding carboxylic acids is 1. The summed E-state index contributed by atoms with van der Waals surface area (Å²) in [4.78, 5) is 16.9. The molecule has 0 aliphatic heterocycles. The molecule has 0 heterocycles. The average Bonchev–Trinajstić information content (AvgIpc) is 2.60. The molecular formula is C17H17ClN2O4. The van der Waals surface area contributed by atoms with Gasteiger partial charge in [-0.15, -0.1) is 0 Å². The van der Waals surface area contributed by atoms with Crippen LogP contribution < -0.4 is 15.2 Å². The normalized spacial score (nSPS) is 11.0. The second-order valence-corrected chi connectivity index (χ2v) is 5.09. The summed E-state index contributed by atoms with van der Waals surface area (Å²) in [6.45, 7) is 2.43. The molecule has 0 atom stereocenters. The minimum atomic E-state index is -0.637. The van der Waals surface area contributed by atoms with E-state index >= 15 is 0 Å². The molecule has 2 rings (SSSR count). The summed E-state index contributed by atoms with van der Waals surface area (Å²) in [5.74, 6) is 0.481. The minimum Gasteiger partial charge on any atom is -0.496 e. The van der Waals surface area contributed by atoms with Gasteiger partial charge in [0.25, 0.3) is 0 Å². The Balaban J connectivity index is 2.11. The first kappa shape index (κ1) is 17.6. The van der Waals surface area contributed by atoms with Crippen LogP contribution in [0.5, 0.6) is 11.5 Å². The number of benzene rings is 2. The van der Waals surface area contributed by atoms with Crippen molar-refractivity contribution in [2.75, 3.05) is 13.7 Å². The first-order chi connectivity index (χ1) is 11.5. The van der Waals surface area contributed by atoms with E-state index in [0.717, 1.165) is 0 Å². The molecule has 7 heteroatoms. The smallest absolute Gasteiger partial charge is 0.365 e. The maximum Gasteiger partial charge on any atom is 0.365 e. The van der Waals surface area contributed by atoms with Crippen molar-refractivity contribution in [2.24, 2.45) is 10.9 Å². The van der Waals surface area contributed by atoms with Crippen LogP contribution in [0.3, 0.4) is 0 Å². The van der Waals surface area contributed by atoms with Gasteiger partial charge in [0.2, 0.25) is 0 Å². The number of ether oxygens (including phenoxy) is 2. The molecule has 0 amide bonds. The maximum atomic E-state index is 12.0. The van der Waals surface area contributed by atoms with E-state index in [-0.39, 0.29) is 5.84 Å². The highest BCUT2D eigenvalue weighted by atomic mass is 35.5. The lowest BCUT2D eigenvalue weighted by Gasteiger charge is -2.08. The first-order valence-corrected chi connectivity index (χ1v) is 7.54. The molecule has 2 aromatic rings. The van der Waals surface area contributed by atoms with Gasteiger partial charge >= 0.3 is 5.97 Å². The molecule has 0 aliphatic rings. The topological polar surface area (TPSA) is 83.1 Å². The molecule has 0 fully saturated rings. The van der Waals surface area contributed by atoms with Gasteiger partial charge in [0, 0.05) is 5.02 Å². The van der Waals surface area contributed by atoms with Crippen molar-refractivity contribution in [2.45, 2.75) is 6.92 Å². The molecule has 0 saturated carbocycles. The van der Waals surface area contributed by atoms with Gasteiger partial charge in [0.15, 0.2) is 5.84 Å². The Morgan fingerprint density at radius 2 is 1.92 bits per heavy atom. The first-order valence-electron chi connectivity index (χ1n) is 7.16. The molecule has 2 aromatic carbocycles. The molecule has 24 heavy (non-hydrogen) atoms. The van der Waals surface area contributed by atoms with Gasteiger partial charge < -0.3 is 20.0 Å². The number of carbonyl (C=O) groups is 1. The van der Waals surface area contributed by atoms with Crippen LogP contribution in [0, 0.1) is 0 Å². The molecule has 0 spiro atoms. The Morgan fingerprint density at radius 3 is 2.54 bits per heavy atom. The summed E-state index contributed by atoms with van der Waals surface area (Å²) in [6.07, 6.45) is 0. The number of rotatable bonds is 6. The monoisotopic (exact) mass is 348 g/mol. The fourth-order valence-electron chi connectivity index (χ4n) is 1.93. The minimum absolute atomic E-state index is 0.0198. The van der Waals surface area contributed by atoms with Crippen LogP contribution in [0.4, 0.5) is 0 Å². The lowest BCUT2D eigenvalue weighted by Crippen LogP contribution is -2.16. The zero-order valence-corrected chi connectivity index (χ0v) is 14.0. The van der Waals surface area contributed by atoms with Gasteiger partial charge in [-0.25, -0.2) is 4.79 Å². The molecule has 0 bridgehead atoms. The van der Waals surface area contributed by atoms with Crippen LogP contribution in [0.2, 0.25) is 5.02 Å². The summed E-state index contributed by atoms with van der Waals surface area (Å²) < 4.78 is 10.5. The molecule has 2 N–H and O–H groups in total. The number of amidine groups is 1.